The van der Waals surface area contributed by atoms with Crippen LogP contribution in [0.4, 0.5) is 11.4 Å². The highest BCUT2D eigenvalue weighted by Crippen LogP contribution is 2.31. The largest absolute Gasteiger partial charge is 0.496 e. The number of ether oxygens (including phenoxy) is 3. The number of anilines is 1. The van der Waals surface area contributed by atoms with Gasteiger partial charge in [0.2, 0.25) is 0 Å². The number of carbonyl (C=O) groups excluding carboxylic acids is 1. The molecular formula is C26H22BrN3O6. The minimum absolute atomic E-state index is 0.0568. The molecule has 1 amide bonds. The molecule has 10 heteroatoms. The van der Waals surface area contributed by atoms with E-state index in [-0.39, 0.29) is 22.7 Å². The van der Waals surface area contributed by atoms with Crippen LogP contribution in [0.15, 0.2) is 70.7 Å². The van der Waals surface area contributed by atoms with Gasteiger partial charge in [-0.05, 0) is 60.5 Å². The Kier molecular flexibility index (Phi) is 9.02. The van der Waals surface area contributed by atoms with Crippen molar-refractivity contribution >= 4 is 39.3 Å². The Hall–Kier alpha value is -4.36. The Morgan fingerprint density at radius 1 is 1.11 bits per heavy atom. The van der Waals surface area contributed by atoms with E-state index in [0.29, 0.717) is 30.3 Å². The fourth-order valence-electron chi connectivity index (χ4n) is 3.14. The number of halogens is 1. The third-order valence-electron chi connectivity index (χ3n) is 4.90. The summed E-state index contributed by atoms with van der Waals surface area (Å²) >= 11 is 3.40. The van der Waals surface area contributed by atoms with Crippen LogP contribution in [0.3, 0.4) is 0 Å². The molecule has 3 aromatic rings. The van der Waals surface area contributed by atoms with Crippen LogP contribution in [0.5, 0.6) is 17.2 Å². The number of methoxy groups -OCH3 is 1. The molecular weight excluding hydrogens is 530 g/mol. The zero-order valence-electron chi connectivity index (χ0n) is 19.5. The lowest BCUT2D eigenvalue weighted by Gasteiger charge is -2.13. The molecule has 0 aliphatic rings. The molecule has 0 aromatic heterocycles. The van der Waals surface area contributed by atoms with Gasteiger partial charge in [0.15, 0.2) is 11.5 Å². The number of rotatable bonds is 10. The van der Waals surface area contributed by atoms with E-state index in [1.807, 2.05) is 37.3 Å². The molecule has 184 valence electrons. The highest BCUT2D eigenvalue weighted by molar-refractivity contribution is 9.10. The minimum Gasteiger partial charge on any atom is -0.496 e. The number of nitrogens with zero attached hydrogens (tertiary/aromatic N) is 2. The van der Waals surface area contributed by atoms with E-state index in [1.165, 1.54) is 31.4 Å². The van der Waals surface area contributed by atoms with Gasteiger partial charge in [0.05, 0.1) is 24.7 Å². The second-order valence-corrected chi connectivity index (χ2v) is 8.23. The SMILES string of the molecule is CCOc1cc(/C=C(\C#N)C(=O)Nc2ccc(OC)cc2[N+](=O)[O-])ccc1OCc1ccc(Br)cc1. The fourth-order valence-corrected chi connectivity index (χ4v) is 3.41. The Balaban J connectivity index is 1.81. The molecule has 0 bridgehead atoms. The molecule has 1 N–H and O–H groups in total. The van der Waals surface area contributed by atoms with Gasteiger partial charge in [0, 0.05) is 4.47 Å². The maximum atomic E-state index is 12.7. The van der Waals surface area contributed by atoms with Crippen LogP contribution in [0, 0.1) is 21.4 Å². The number of hydrogen-bond acceptors (Lipinski definition) is 7. The van der Waals surface area contributed by atoms with Crippen LogP contribution in [0.1, 0.15) is 18.1 Å². The van der Waals surface area contributed by atoms with Crippen molar-refractivity contribution in [1.29, 1.82) is 5.26 Å². The van der Waals surface area contributed by atoms with Crippen molar-refractivity contribution in [3.05, 3.63) is 92.0 Å². The van der Waals surface area contributed by atoms with Gasteiger partial charge in [0.25, 0.3) is 11.6 Å². The number of benzene rings is 3. The summed E-state index contributed by atoms with van der Waals surface area (Å²) in [7, 11) is 1.38. The molecule has 0 saturated heterocycles. The van der Waals surface area contributed by atoms with Crippen LogP contribution in [-0.4, -0.2) is 24.5 Å². The topological polar surface area (TPSA) is 124 Å². The molecule has 3 rings (SSSR count). The predicted molar refractivity (Wildman–Crippen MR) is 138 cm³/mol. The molecule has 0 radical (unpaired) electrons. The average Bonchev–Trinajstić information content (AvgIpc) is 2.88. The summed E-state index contributed by atoms with van der Waals surface area (Å²) in [6, 6.07) is 18.6. The molecule has 0 aliphatic carbocycles. The van der Waals surface area contributed by atoms with Gasteiger partial charge < -0.3 is 19.5 Å². The molecule has 0 fully saturated rings. The first-order valence-corrected chi connectivity index (χ1v) is 11.5. The van der Waals surface area contributed by atoms with E-state index in [1.54, 1.807) is 18.2 Å². The van der Waals surface area contributed by atoms with Crippen LogP contribution in [0.2, 0.25) is 0 Å². The summed E-state index contributed by atoms with van der Waals surface area (Å²) in [6.45, 7) is 2.54. The molecule has 36 heavy (non-hydrogen) atoms. The van der Waals surface area contributed by atoms with Gasteiger partial charge in [0.1, 0.15) is 29.7 Å². The molecule has 0 spiro atoms. The summed E-state index contributed by atoms with van der Waals surface area (Å²) < 4.78 is 17.6. The lowest BCUT2D eigenvalue weighted by Crippen LogP contribution is -2.14. The molecule has 0 heterocycles. The number of carbonyl (C=O) groups is 1. The molecule has 0 unspecified atom stereocenters. The molecule has 9 nitrogen and oxygen atoms in total. The van der Waals surface area contributed by atoms with Crippen molar-refractivity contribution < 1.29 is 23.9 Å². The first-order valence-electron chi connectivity index (χ1n) is 10.7. The Bertz CT molecular complexity index is 1330. The maximum absolute atomic E-state index is 12.7. The summed E-state index contributed by atoms with van der Waals surface area (Å²) in [6.07, 6.45) is 1.37. The average molecular weight is 552 g/mol. The molecule has 0 aliphatic heterocycles. The van der Waals surface area contributed by atoms with Crippen molar-refractivity contribution in [1.82, 2.24) is 0 Å². The van der Waals surface area contributed by atoms with Crippen molar-refractivity contribution in [3.63, 3.8) is 0 Å². The van der Waals surface area contributed by atoms with E-state index >= 15 is 0 Å². The molecule has 0 saturated carbocycles. The number of hydrogen-bond donors (Lipinski definition) is 1. The summed E-state index contributed by atoms with van der Waals surface area (Å²) in [5.41, 5.74) is 0.835. The zero-order chi connectivity index (χ0) is 26.1. The van der Waals surface area contributed by atoms with Crippen LogP contribution in [0.25, 0.3) is 6.08 Å². The lowest BCUT2D eigenvalue weighted by molar-refractivity contribution is -0.384. The third kappa shape index (κ3) is 6.84. The number of nitriles is 1. The first kappa shape index (κ1) is 26.2. The van der Waals surface area contributed by atoms with Crippen molar-refractivity contribution in [2.45, 2.75) is 13.5 Å². The summed E-state index contributed by atoms with van der Waals surface area (Å²) in [5, 5.41) is 23.4. The van der Waals surface area contributed by atoms with Crippen LogP contribution in [-0.2, 0) is 11.4 Å². The normalized spacial score (nSPS) is 10.8. The monoisotopic (exact) mass is 551 g/mol. The standard InChI is InChI=1S/C26H22BrN3O6/c1-3-35-25-13-18(6-11-24(25)36-16-17-4-7-20(27)8-5-17)12-19(15-28)26(31)29-22-10-9-21(34-2)14-23(22)30(32)33/h4-14H,3,16H2,1-2H3,(H,29,31)/b19-12+. The van der Waals surface area contributed by atoms with E-state index in [9.17, 15) is 20.2 Å². The van der Waals surface area contributed by atoms with Gasteiger partial charge in [-0.3, -0.25) is 14.9 Å². The zero-order valence-corrected chi connectivity index (χ0v) is 21.1. The van der Waals surface area contributed by atoms with E-state index in [4.69, 9.17) is 14.2 Å². The molecule has 0 atom stereocenters. The van der Waals surface area contributed by atoms with Crippen LogP contribution >= 0.6 is 15.9 Å². The highest BCUT2D eigenvalue weighted by atomic mass is 79.9. The Morgan fingerprint density at radius 2 is 1.86 bits per heavy atom. The van der Waals surface area contributed by atoms with Crippen molar-refractivity contribution in [2.24, 2.45) is 0 Å². The van der Waals surface area contributed by atoms with Crippen LogP contribution < -0.4 is 19.5 Å². The Morgan fingerprint density at radius 3 is 2.50 bits per heavy atom. The highest BCUT2D eigenvalue weighted by Gasteiger charge is 2.19. The van der Waals surface area contributed by atoms with E-state index in [2.05, 4.69) is 21.2 Å². The summed E-state index contributed by atoms with van der Waals surface area (Å²) in [4.78, 5) is 23.5. The van der Waals surface area contributed by atoms with Crippen molar-refractivity contribution in [3.8, 4) is 23.3 Å². The van der Waals surface area contributed by atoms with Crippen molar-refractivity contribution in [2.75, 3.05) is 19.0 Å². The van der Waals surface area contributed by atoms with E-state index < -0.39 is 10.8 Å². The first-order chi connectivity index (χ1) is 17.3. The number of nitro groups is 1. The lowest BCUT2D eigenvalue weighted by atomic mass is 10.1. The van der Waals surface area contributed by atoms with Gasteiger partial charge in [-0.1, -0.05) is 34.1 Å². The third-order valence-corrected chi connectivity index (χ3v) is 5.43. The number of amides is 1. The second-order valence-electron chi connectivity index (χ2n) is 7.32. The second kappa shape index (κ2) is 12.4. The number of nitro benzene ring substituents is 1. The number of nitrogens with one attached hydrogen (secondary N) is 1. The fraction of sp³-hybridized carbons (Fsp3) is 0.154. The van der Waals surface area contributed by atoms with Gasteiger partial charge in [-0.2, -0.15) is 5.26 Å². The minimum atomic E-state index is -0.792. The van der Waals surface area contributed by atoms with Gasteiger partial charge in [-0.25, -0.2) is 0 Å². The quantitative estimate of drug-likeness (QED) is 0.144. The molecule has 3 aromatic carbocycles. The summed E-state index contributed by atoms with van der Waals surface area (Å²) in [5.74, 6) is 0.432. The van der Waals surface area contributed by atoms with Gasteiger partial charge >= 0.3 is 0 Å². The maximum Gasteiger partial charge on any atom is 0.296 e. The van der Waals surface area contributed by atoms with Gasteiger partial charge in [-0.15, -0.1) is 0 Å². The predicted octanol–water partition coefficient (Wildman–Crippen LogP) is 5.89. The van der Waals surface area contributed by atoms with E-state index in [0.717, 1.165) is 10.0 Å². The smallest absolute Gasteiger partial charge is 0.296 e. The Labute approximate surface area is 216 Å².